The van der Waals surface area contributed by atoms with Crippen LogP contribution in [0.5, 0.6) is 0 Å². The van der Waals surface area contributed by atoms with E-state index in [1.54, 1.807) is 12.1 Å². The van der Waals surface area contributed by atoms with Gasteiger partial charge in [-0.15, -0.1) is 11.3 Å². The third-order valence-corrected chi connectivity index (χ3v) is 4.18. The van der Waals surface area contributed by atoms with E-state index in [-0.39, 0.29) is 37.9 Å². The number of nitrogens with one attached hydrogen (secondary N) is 1. The number of amides is 2. The van der Waals surface area contributed by atoms with E-state index in [0.717, 1.165) is 3.79 Å². The van der Waals surface area contributed by atoms with Crippen LogP contribution in [-0.4, -0.2) is 56.2 Å². The van der Waals surface area contributed by atoms with Crippen LogP contribution < -0.4 is 5.32 Å². The molecule has 1 rings (SSSR count). The fourth-order valence-electron chi connectivity index (χ4n) is 1.55. The molecule has 0 bridgehead atoms. The molecule has 1 heterocycles. The zero-order chi connectivity index (χ0) is 17.5. The first kappa shape index (κ1) is 19.9. The second-order valence-corrected chi connectivity index (χ2v) is 7.10. The molecule has 1 aromatic heterocycles. The molecule has 0 saturated carbocycles. The first-order valence-electron chi connectivity index (χ1n) is 6.61. The summed E-state index contributed by atoms with van der Waals surface area (Å²) in [6, 6.07) is 3.40. The number of hydrogen-bond acceptors (Lipinski definition) is 4. The SMILES string of the molecule is CN(CC(=O)NCCCOCC(F)(F)F)C(=O)c1ccc(Br)s1. The smallest absolute Gasteiger partial charge is 0.372 e. The number of hydrogen-bond donors (Lipinski definition) is 1. The van der Waals surface area contributed by atoms with Crippen LogP contribution in [0.25, 0.3) is 0 Å². The lowest BCUT2D eigenvalue weighted by molar-refractivity contribution is -0.174. The van der Waals surface area contributed by atoms with Crippen LogP contribution in [0.15, 0.2) is 15.9 Å². The fourth-order valence-corrected chi connectivity index (χ4v) is 2.93. The van der Waals surface area contributed by atoms with Crippen molar-refractivity contribution in [2.45, 2.75) is 12.6 Å². The summed E-state index contributed by atoms with van der Waals surface area (Å²) in [6.07, 6.45) is -4.08. The van der Waals surface area contributed by atoms with Crippen LogP contribution in [-0.2, 0) is 9.53 Å². The Bertz CT molecular complexity index is 537. The average Bonchev–Trinajstić information content (AvgIpc) is 2.87. The second kappa shape index (κ2) is 9.24. The summed E-state index contributed by atoms with van der Waals surface area (Å²) in [5.41, 5.74) is 0. The monoisotopic (exact) mass is 416 g/mol. The number of thiophene rings is 1. The van der Waals surface area contributed by atoms with Gasteiger partial charge in [-0.3, -0.25) is 9.59 Å². The maximum absolute atomic E-state index is 12.0. The van der Waals surface area contributed by atoms with E-state index in [4.69, 9.17) is 0 Å². The summed E-state index contributed by atoms with van der Waals surface area (Å²) in [4.78, 5) is 25.4. The molecule has 0 aliphatic heterocycles. The number of ether oxygens (including phenoxy) is 1. The van der Waals surface area contributed by atoms with E-state index in [0.29, 0.717) is 4.88 Å². The summed E-state index contributed by atoms with van der Waals surface area (Å²) in [5, 5.41) is 2.52. The van der Waals surface area contributed by atoms with E-state index in [1.807, 2.05) is 0 Å². The Morgan fingerprint density at radius 1 is 1.39 bits per heavy atom. The molecular formula is C13H16BrF3N2O3S. The first-order valence-corrected chi connectivity index (χ1v) is 8.22. The molecule has 0 fully saturated rings. The Morgan fingerprint density at radius 3 is 2.65 bits per heavy atom. The Balaban J connectivity index is 2.19. The summed E-state index contributed by atoms with van der Waals surface area (Å²) in [7, 11) is 1.50. The Hall–Kier alpha value is -1.13. The standard InChI is InChI=1S/C13H16BrF3N2O3S/c1-19(12(21)9-3-4-10(14)23-9)7-11(20)18-5-2-6-22-8-13(15,16)17/h3-4H,2,5-8H2,1H3,(H,18,20). The lowest BCUT2D eigenvalue weighted by Gasteiger charge is -2.16. The van der Waals surface area contributed by atoms with Gasteiger partial charge in [0, 0.05) is 20.2 Å². The zero-order valence-corrected chi connectivity index (χ0v) is 14.7. The minimum atomic E-state index is -4.34. The van der Waals surface area contributed by atoms with Gasteiger partial charge in [-0.25, -0.2) is 0 Å². The molecule has 0 saturated heterocycles. The van der Waals surface area contributed by atoms with Crippen molar-refractivity contribution in [3.63, 3.8) is 0 Å². The van der Waals surface area contributed by atoms with Gasteiger partial charge >= 0.3 is 6.18 Å². The van der Waals surface area contributed by atoms with Crippen molar-refractivity contribution in [1.82, 2.24) is 10.2 Å². The summed E-state index contributed by atoms with van der Waals surface area (Å²) < 4.78 is 40.7. The van der Waals surface area contributed by atoms with Crippen molar-refractivity contribution < 1.29 is 27.5 Å². The lowest BCUT2D eigenvalue weighted by Crippen LogP contribution is -2.38. The number of rotatable bonds is 8. The predicted molar refractivity (Wildman–Crippen MR) is 83.5 cm³/mol. The molecule has 0 atom stereocenters. The molecule has 130 valence electrons. The Morgan fingerprint density at radius 2 is 2.09 bits per heavy atom. The van der Waals surface area contributed by atoms with Gasteiger partial charge in [0.25, 0.3) is 5.91 Å². The highest BCUT2D eigenvalue weighted by atomic mass is 79.9. The topological polar surface area (TPSA) is 58.6 Å². The summed E-state index contributed by atoms with van der Waals surface area (Å²) in [5.74, 6) is -0.656. The number of alkyl halides is 3. The maximum Gasteiger partial charge on any atom is 0.411 e. The van der Waals surface area contributed by atoms with Crippen molar-refractivity contribution in [2.24, 2.45) is 0 Å². The average molecular weight is 417 g/mol. The van der Waals surface area contributed by atoms with Crippen LogP contribution in [0, 0.1) is 0 Å². The quantitative estimate of drug-likeness (QED) is 0.662. The predicted octanol–water partition coefficient (Wildman–Crippen LogP) is 2.67. The molecule has 10 heteroatoms. The number of halogens is 4. The van der Waals surface area contributed by atoms with Gasteiger partial charge < -0.3 is 15.0 Å². The van der Waals surface area contributed by atoms with Crippen molar-refractivity contribution >= 4 is 39.1 Å². The number of carbonyl (C=O) groups is 2. The van der Waals surface area contributed by atoms with Gasteiger partial charge in [0.1, 0.15) is 6.61 Å². The van der Waals surface area contributed by atoms with Gasteiger partial charge in [-0.1, -0.05) is 0 Å². The Labute approximate surface area is 143 Å². The number of nitrogens with zero attached hydrogens (tertiary/aromatic N) is 1. The molecule has 1 N–H and O–H groups in total. The zero-order valence-electron chi connectivity index (χ0n) is 12.3. The second-order valence-electron chi connectivity index (χ2n) is 4.64. The van der Waals surface area contributed by atoms with Crippen molar-refractivity contribution in [1.29, 1.82) is 0 Å². The molecule has 5 nitrogen and oxygen atoms in total. The number of carbonyl (C=O) groups excluding carboxylic acids is 2. The van der Waals surface area contributed by atoms with Gasteiger partial charge in [-0.2, -0.15) is 13.2 Å². The molecule has 0 aromatic carbocycles. The first-order chi connectivity index (χ1) is 10.7. The molecule has 0 aliphatic carbocycles. The van der Waals surface area contributed by atoms with Crippen molar-refractivity contribution in [3.05, 3.63) is 20.8 Å². The third kappa shape index (κ3) is 8.33. The third-order valence-electron chi connectivity index (χ3n) is 2.56. The van der Waals surface area contributed by atoms with Crippen molar-refractivity contribution in [3.8, 4) is 0 Å². The molecule has 2 amide bonds. The van der Waals surface area contributed by atoms with Crippen LogP contribution >= 0.6 is 27.3 Å². The summed E-state index contributed by atoms with van der Waals surface area (Å²) >= 11 is 4.52. The molecule has 0 spiro atoms. The molecule has 23 heavy (non-hydrogen) atoms. The molecule has 0 radical (unpaired) electrons. The number of likely N-dealkylation sites (N-methyl/N-ethyl adjacent to an activating group) is 1. The summed E-state index contributed by atoms with van der Waals surface area (Å²) in [6.45, 7) is -1.34. The van der Waals surface area contributed by atoms with E-state index in [2.05, 4.69) is 26.0 Å². The minimum Gasteiger partial charge on any atom is -0.372 e. The van der Waals surface area contributed by atoms with E-state index < -0.39 is 12.8 Å². The normalized spacial score (nSPS) is 11.3. The lowest BCUT2D eigenvalue weighted by atomic mass is 10.4. The highest BCUT2D eigenvalue weighted by Gasteiger charge is 2.27. The van der Waals surface area contributed by atoms with Gasteiger partial charge in [0.05, 0.1) is 15.2 Å². The van der Waals surface area contributed by atoms with Crippen LogP contribution in [0.4, 0.5) is 13.2 Å². The van der Waals surface area contributed by atoms with Gasteiger partial charge in [0.15, 0.2) is 0 Å². The minimum absolute atomic E-state index is 0.0994. The van der Waals surface area contributed by atoms with E-state index in [1.165, 1.54) is 23.3 Å². The molecule has 0 unspecified atom stereocenters. The highest BCUT2D eigenvalue weighted by molar-refractivity contribution is 9.11. The van der Waals surface area contributed by atoms with E-state index >= 15 is 0 Å². The van der Waals surface area contributed by atoms with Crippen LogP contribution in [0.1, 0.15) is 16.1 Å². The fraction of sp³-hybridized carbons (Fsp3) is 0.538. The molecular weight excluding hydrogens is 401 g/mol. The Kier molecular flexibility index (Phi) is 8.00. The highest BCUT2D eigenvalue weighted by Crippen LogP contribution is 2.22. The van der Waals surface area contributed by atoms with Gasteiger partial charge in [-0.05, 0) is 34.5 Å². The molecule has 1 aromatic rings. The molecule has 0 aliphatic rings. The van der Waals surface area contributed by atoms with E-state index in [9.17, 15) is 22.8 Å². The largest absolute Gasteiger partial charge is 0.411 e. The maximum atomic E-state index is 12.0. The van der Waals surface area contributed by atoms with Crippen LogP contribution in [0.2, 0.25) is 0 Å². The van der Waals surface area contributed by atoms with Crippen molar-refractivity contribution in [2.75, 3.05) is 33.4 Å². The van der Waals surface area contributed by atoms with Gasteiger partial charge in [0.2, 0.25) is 5.91 Å². The van der Waals surface area contributed by atoms with Crippen LogP contribution in [0.3, 0.4) is 0 Å².